The Balaban J connectivity index is 1.41. The van der Waals surface area contributed by atoms with Crippen LogP contribution in [0, 0.1) is 12.7 Å². The third kappa shape index (κ3) is 3.54. The molecule has 1 aliphatic heterocycles. The minimum absolute atomic E-state index is 0.160. The maximum Gasteiger partial charge on any atom is 0.241 e. The number of likely N-dealkylation sites (tertiary alicyclic amines) is 1. The first-order valence-corrected chi connectivity index (χ1v) is 9.91. The van der Waals surface area contributed by atoms with Crippen LogP contribution in [0.5, 0.6) is 0 Å². The number of benzene rings is 2. The van der Waals surface area contributed by atoms with Crippen molar-refractivity contribution in [2.45, 2.75) is 38.6 Å². The molecular weight excluding hydrogens is 353 g/mol. The van der Waals surface area contributed by atoms with Crippen LogP contribution in [0.2, 0.25) is 0 Å². The molecule has 4 nitrogen and oxygen atoms in total. The van der Waals surface area contributed by atoms with E-state index in [-0.39, 0.29) is 17.6 Å². The first kappa shape index (κ1) is 18.7. The van der Waals surface area contributed by atoms with Gasteiger partial charge in [0.1, 0.15) is 5.82 Å². The van der Waals surface area contributed by atoms with Crippen molar-refractivity contribution in [3.63, 3.8) is 0 Å². The van der Waals surface area contributed by atoms with Crippen LogP contribution in [0.4, 0.5) is 10.1 Å². The molecule has 1 fully saturated rings. The number of rotatable bonds is 4. The molecule has 5 heteroatoms. The van der Waals surface area contributed by atoms with Crippen molar-refractivity contribution in [3.05, 3.63) is 65.6 Å². The molecule has 1 aromatic heterocycles. The molecule has 2 heterocycles. The molecule has 0 radical (unpaired) electrons. The molecule has 1 aliphatic rings. The van der Waals surface area contributed by atoms with E-state index < -0.39 is 5.82 Å². The van der Waals surface area contributed by atoms with E-state index in [4.69, 9.17) is 0 Å². The molecule has 0 bridgehead atoms. The van der Waals surface area contributed by atoms with Gasteiger partial charge in [-0.15, -0.1) is 0 Å². The maximum absolute atomic E-state index is 13.8. The van der Waals surface area contributed by atoms with Crippen LogP contribution < -0.4 is 5.32 Å². The van der Waals surface area contributed by atoms with E-state index >= 15 is 0 Å². The largest absolute Gasteiger partial charge is 0.358 e. The third-order valence-electron chi connectivity index (χ3n) is 5.94. The quantitative estimate of drug-likeness (QED) is 0.683. The van der Waals surface area contributed by atoms with Gasteiger partial charge in [-0.1, -0.05) is 30.3 Å². The number of carbonyl (C=O) groups is 1. The Bertz CT molecular complexity index is 988. The van der Waals surface area contributed by atoms with E-state index in [0.29, 0.717) is 5.92 Å². The van der Waals surface area contributed by atoms with Crippen molar-refractivity contribution < 1.29 is 9.18 Å². The number of carbonyl (C=O) groups excluding carboxylic acids is 1. The second kappa shape index (κ2) is 7.76. The summed E-state index contributed by atoms with van der Waals surface area (Å²) < 4.78 is 13.8. The van der Waals surface area contributed by atoms with Gasteiger partial charge in [-0.25, -0.2) is 4.39 Å². The monoisotopic (exact) mass is 379 g/mol. The smallest absolute Gasteiger partial charge is 0.241 e. The van der Waals surface area contributed by atoms with Crippen LogP contribution in [-0.2, 0) is 4.79 Å². The number of nitrogens with one attached hydrogen (secondary N) is 2. The molecule has 3 aromatic rings. The lowest BCUT2D eigenvalue weighted by atomic mass is 9.87. The summed E-state index contributed by atoms with van der Waals surface area (Å²) in [5.41, 5.74) is 4.09. The zero-order chi connectivity index (χ0) is 19.7. The van der Waals surface area contributed by atoms with Crippen LogP contribution in [-0.4, -0.2) is 34.9 Å². The van der Waals surface area contributed by atoms with Crippen molar-refractivity contribution in [1.82, 2.24) is 9.88 Å². The lowest BCUT2D eigenvalue weighted by Crippen LogP contribution is -2.45. The average molecular weight is 379 g/mol. The second-order valence-corrected chi connectivity index (χ2v) is 7.66. The van der Waals surface area contributed by atoms with Crippen LogP contribution in [0.15, 0.2) is 48.5 Å². The first-order chi connectivity index (χ1) is 13.5. The summed E-state index contributed by atoms with van der Waals surface area (Å²) in [7, 11) is 0. The number of para-hydroxylation sites is 2. The first-order valence-electron chi connectivity index (χ1n) is 9.91. The number of halogens is 1. The van der Waals surface area contributed by atoms with Gasteiger partial charge < -0.3 is 10.3 Å². The Morgan fingerprint density at radius 3 is 2.57 bits per heavy atom. The highest BCUT2D eigenvalue weighted by molar-refractivity contribution is 5.94. The molecular formula is C23H26FN3O. The fraction of sp³-hybridized carbons (Fsp3) is 0.348. The molecule has 1 amide bonds. The number of aryl methyl sites for hydroxylation is 1. The van der Waals surface area contributed by atoms with Gasteiger partial charge in [0.25, 0.3) is 0 Å². The minimum Gasteiger partial charge on any atom is -0.358 e. The van der Waals surface area contributed by atoms with Crippen molar-refractivity contribution in [2.75, 3.05) is 18.4 Å². The molecule has 0 aliphatic carbocycles. The summed E-state index contributed by atoms with van der Waals surface area (Å²) in [6, 6.07) is 14.4. The molecule has 146 valence electrons. The zero-order valence-corrected chi connectivity index (χ0v) is 16.3. The molecule has 4 rings (SSSR count). The Labute approximate surface area is 164 Å². The highest BCUT2D eigenvalue weighted by Crippen LogP contribution is 2.36. The Morgan fingerprint density at radius 1 is 1.14 bits per heavy atom. The number of hydrogen-bond donors (Lipinski definition) is 2. The number of anilines is 1. The predicted octanol–water partition coefficient (Wildman–Crippen LogP) is 4.82. The maximum atomic E-state index is 13.8. The fourth-order valence-electron chi connectivity index (χ4n) is 4.37. The normalized spacial score (nSPS) is 17.0. The van der Waals surface area contributed by atoms with Crippen molar-refractivity contribution >= 4 is 22.5 Å². The summed E-state index contributed by atoms with van der Waals surface area (Å²) in [5.74, 6) is -0.0716. The van der Waals surface area contributed by atoms with Gasteiger partial charge >= 0.3 is 0 Å². The summed E-state index contributed by atoms with van der Waals surface area (Å²) in [6.07, 6.45) is 2.03. The van der Waals surface area contributed by atoms with E-state index in [2.05, 4.69) is 46.4 Å². The van der Waals surface area contributed by atoms with E-state index in [1.165, 1.54) is 28.2 Å². The number of H-pyrrole nitrogens is 1. The van der Waals surface area contributed by atoms with Gasteiger partial charge in [0.15, 0.2) is 0 Å². The van der Waals surface area contributed by atoms with E-state index in [9.17, 15) is 9.18 Å². The zero-order valence-electron chi connectivity index (χ0n) is 16.3. The van der Waals surface area contributed by atoms with Crippen LogP contribution >= 0.6 is 0 Å². The topological polar surface area (TPSA) is 48.1 Å². The van der Waals surface area contributed by atoms with Gasteiger partial charge in [-0.3, -0.25) is 9.69 Å². The predicted molar refractivity (Wildman–Crippen MR) is 111 cm³/mol. The second-order valence-electron chi connectivity index (χ2n) is 7.66. The number of aromatic nitrogens is 1. The van der Waals surface area contributed by atoms with Crippen LogP contribution in [0.1, 0.15) is 36.9 Å². The van der Waals surface area contributed by atoms with Gasteiger partial charge in [-0.2, -0.15) is 0 Å². The van der Waals surface area contributed by atoms with E-state index in [1.54, 1.807) is 18.2 Å². The lowest BCUT2D eigenvalue weighted by Gasteiger charge is -2.35. The highest BCUT2D eigenvalue weighted by atomic mass is 19.1. The van der Waals surface area contributed by atoms with E-state index in [0.717, 1.165) is 25.9 Å². The molecule has 1 unspecified atom stereocenters. The Morgan fingerprint density at radius 2 is 1.82 bits per heavy atom. The van der Waals surface area contributed by atoms with Crippen molar-refractivity contribution in [2.24, 2.45) is 0 Å². The van der Waals surface area contributed by atoms with Gasteiger partial charge in [0.2, 0.25) is 5.91 Å². The number of nitrogens with zero attached hydrogens (tertiary/aromatic N) is 1. The van der Waals surface area contributed by atoms with Crippen LogP contribution in [0.3, 0.4) is 0 Å². The summed E-state index contributed by atoms with van der Waals surface area (Å²) in [4.78, 5) is 18.3. The van der Waals surface area contributed by atoms with Gasteiger partial charge in [0.05, 0.1) is 11.7 Å². The summed E-state index contributed by atoms with van der Waals surface area (Å²) >= 11 is 0. The number of fused-ring (bicyclic) bond motifs is 1. The molecule has 0 saturated carbocycles. The van der Waals surface area contributed by atoms with E-state index in [1.807, 2.05) is 6.92 Å². The highest BCUT2D eigenvalue weighted by Gasteiger charge is 2.29. The number of amides is 1. The Hall–Kier alpha value is -2.66. The van der Waals surface area contributed by atoms with Gasteiger partial charge in [-0.05, 0) is 69.5 Å². The molecule has 1 saturated heterocycles. The summed E-state index contributed by atoms with van der Waals surface area (Å²) in [6.45, 7) is 5.75. The number of aromatic amines is 1. The fourth-order valence-corrected chi connectivity index (χ4v) is 4.37. The molecule has 0 spiro atoms. The average Bonchev–Trinajstić information content (AvgIpc) is 3.05. The lowest BCUT2D eigenvalue weighted by molar-refractivity contribution is -0.121. The number of piperidine rings is 1. The van der Waals surface area contributed by atoms with Crippen molar-refractivity contribution in [3.8, 4) is 0 Å². The SMILES string of the molecule is Cc1[nH]c2ccccc2c1C1CCN(C(C)C(=O)Nc2ccccc2F)CC1. The summed E-state index contributed by atoms with van der Waals surface area (Å²) in [5, 5.41) is 4.03. The third-order valence-corrected chi connectivity index (χ3v) is 5.94. The molecule has 2 N–H and O–H groups in total. The Kier molecular flexibility index (Phi) is 5.18. The molecule has 1 atom stereocenters. The minimum atomic E-state index is -0.406. The molecule has 28 heavy (non-hydrogen) atoms. The van der Waals surface area contributed by atoms with Gasteiger partial charge in [0, 0.05) is 16.6 Å². The molecule has 2 aromatic carbocycles. The number of hydrogen-bond acceptors (Lipinski definition) is 2. The standard InChI is InChI=1S/C23H26FN3O/c1-15-22(18-7-3-5-9-20(18)25-15)17-11-13-27(14-12-17)16(2)23(28)26-21-10-6-4-8-19(21)24/h3-10,16-17,25H,11-14H2,1-2H3,(H,26,28). The van der Waals surface area contributed by atoms with Crippen molar-refractivity contribution in [1.29, 1.82) is 0 Å². The van der Waals surface area contributed by atoms with Crippen LogP contribution in [0.25, 0.3) is 10.9 Å².